The van der Waals surface area contributed by atoms with Crippen LogP contribution in [0.2, 0.25) is 0 Å². The fraction of sp³-hybridized carbons (Fsp3) is 0.100. The molecule has 2 amide bonds. The van der Waals surface area contributed by atoms with Gasteiger partial charge in [-0.05, 0) is 24.3 Å². The van der Waals surface area contributed by atoms with Gasteiger partial charge in [0.2, 0.25) is 0 Å². The molecule has 0 bridgehead atoms. The molecule has 2 rings (SSSR count). The molecule has 0 atom stereocenters. The number of nitrogens with one attached hydrogen (secondary N) is 2. The maximum atomic E-state index is 13.4. The van der Waals surface area contributed by atoms with Gasteiger partial charge in [-0.25, -0.2) is 27.2 Å². The number of rotatable bonds is 8. The van der Waals surface area contributed by atoms with E-state index in [4.69, 9.17) is 0 Å². The Morgan fingerprint density at radius 1 is 0.688 bits per heavy atom. The lowest BCUT2D eigenvalue weighted by atomic mass is 10.3. The summed E-state index contributed by atoms with van der Waals surface area (Å²) in [5, 5.41) is 3.98. The second-order valence-corrected chi connectivity index (χ2v) is 5.89. The Hall–Kier alpha value is -4.22. The molecule has 0 heterocycles. The first-order chi connectivity index (χ1) is 15.1. The van der Waals surface area contributed by atoms with Gasteiger partial charge < -0.3 is 20.1 Å². The molecular weight excluding hydrogens is 440 g/mol. The SMILES string of the molecule is O=C(COC(=O)C=CC(=O)OCC(=O)Nc1cc(F)ccc1F)Nc1cc(F)ccc1F. The number of benzene rings is 2. The molecule has 0 spiro atoms. The van der Waals surface area contributed by atoms with Crippen molar-refractivity contribution in [2.75, 3.05) is 23.8 Å². The van der Waals surface area contributed by atoms with E-state index in [-0.39, 0.29) is 0 Å². The lowest BCUT2D eigenvalue weighted by molar-refractivity contribution is -0.144. The van der Waals surface area contributed by atoms with Crippen molar-refractivity contribution >= 4 is 35.1 Å². The van der Waals surface area contributed by atoms with Crippen molar-refractivity contribution in [2.24, 2.45) is 0 Å². The molecule has 2 aromatic rings. The maximum absolute atomic E-state index is 13.4. The van der Waals surface area contributed by atoms with Gasteiger partial charge in [-0.15, -0.1) is 0 Å². The van der Waals surface area contributed by atoms with Crippen LogP contribution in [0.4, 0.5) is 28.9 Å². The van der Waals surface area contributed by atoms with Crippen LogP contribution in [0.3, 0.4) is 0 Å². The normalized spacial score (nSPS) is 10.5. The molecule has 0 aromatic heterocycles. The van der Waals surface area contributed by atoms with Crippen LogP contribution in [0, 0.1) is 23.3 Å². The van der Waals surface area contributed by atoms with Crippen molar-refractivity contribution in [3.63, 3.8) is 0 Å². The average Bonchev–Trinajstić information content (AvgIpc) is 2.74. The van der Waals surface area contributed by atoms with Crippen LogP contribution in [0.5, 0.6) is 0 Å². The highest BCUT2D eigenvalue weighted by Crippen LogP contribution is 2.16. The second kappa shape index (κ2) is 11.2. The van der Waals surface area contributed by atoms with Crippen LogP contribution in [0.15, 0.2) is 48.6 Å². The molecule has 0 saturated carbocycles. The largest absolute Gasteiger partial charge is 0.452 e. The van der Waals surface area contributed by atoms with Gasteiger partial charge in [0, 0.05) is 24.3 Å². The summed E-state index contributed by atoms with van der Waals surface area (Å²) in [6.07, 6.45) is 1.17. The summed E-state index contributed by atoms with van der Waals surface area (Å²) >= 11 is 0. The molecule has 0 radical (unpaired) electrons. The molecule has 2 aromatic carbocycles. The highest BCUT2D eigenvalue weighted by Gasteiger charge is 2.12. The molecule has 168 valence electrons. The van der Waals surface area contributed by atoms with E-state index in [1.807, 2.05) is 10.6 Å². The number of carbonyl (C=O) groups is 4. The van der Waals surface area contributed by atoms with E-state index in [0.717, 1.165) is 36.4 Å². The molecule has 0 fully saturated rings. The zero-order valence-corrected chi connectivity index (χ0v) is 16.0. The van der Waals surface area contributed by atoms with Crippen LogP contribution < -0.4 is 10.6 Å². The fourth-order valence-corrected chi connectivity index (χ4v) is 2.06. The summed E-state index contributed by atoms with van der Waals surface area (Å²) in [6, 6.07) is 4.73. The Morgan fingerprint density at radius 3 is 1.44 bits per heavy atom. The minimum Gasteiger partial charge on any atom is -0.452 e. The lowest BCUT2D eigenvalue weighted by Gasteiger charge is -2.07. The molecule has 32 heavy (non-hydrogen) atoms. The van der Waals surface area contributed by atoms with E-state index < -0.39 is 71.6 Å². The lowest BCUT2D eigenvalue weighted by Crippen LogP contribution is -2.21. The monoisotopic (exact) mass is 454 g/mol. The zero-order valence-electron chi connectivity index (χ0n) is 16.0. The Balaban J connectivity index is 1.72. The molecule has 12 heteroatoms. The van der Waals surface area contributed by atoms with Crippen molar-refractivity contribution in [1.29, 1.82) is 0 Å². The fourth-order valence-electron chi connectivity index (χ4n) is 2.06. The minimum absolute atomic E-state index is 0.457. The van der Waals surface area contributed by atoms with E-state index in [9.17, 15) is 36.7 Å². The first-order valence-electron chi connectivity index (χ1n) is 8.65. The van der Waals surface area contributed by atoms with E-state index in [1.54, 1.807) is 0 Å². The van der Waals surface area contributed by atoms with Crippen LogP contribution in [0.25, 0.3) is 0 Å². The topological polar surface area (TPSA) is 111 Å². The number of hydrogen-bond acceptors (Lipinski definition) is 6. The third kappa shape index (κ3) is 7.89. The molecule has 0 aliphatic carbocycles. The maximum Gasteiger partial charge on any atom is 0.331 e. The van der Waals surface area contributed by atoms with E-state index in [0.29, 0.717) is 12.2 Å². The van der Waals surface area contributed by atoms with Crippen LogP contribution in [0.1, 0.15) is 0 Å². The average molecular weight is 454 g/mol. The Bertz CT molecular complexity index is 991. The quantitative estimate of drug-likeness (QED) is 0.360. The van der Waals surface area contributed by atoms with Gasteiger partial charge in [0.05, 0.1) is 11.4 Å². The summed E-state index contributed by atoms with van der Waals surface area (Å²) in [6.45, 7) is -1.73. The molecular formula is C20H14F4N2O6. The van der Waals surface area contributed by atoms with Gasteiger partial charge in [-0.2, -0.15) is 0 Å². The van der Waals surface area contributed by atoms with E-state index >= 15 is 0 Å². The van der Waals surface area contributed by atoms with Crippen molar-refractivity contribution < 1.29 is 46.2 Å². The highest BCUT2D eigenvalue weighted by molar-refractivity contribution is 5.97. The zero-order chi connectivity index (χ0) is 23.7. The van der Waals surface area contributed by atoms with Crippen LogP contribution in [-0.2, 0) is 28.7 Å². The first kappa shape index (κ1) is 24.1. The van der Waals surface area contributed by atoms with Gasteiger partial charge >= 0.3 is 11.9 Å². The number of halogens is 4. The summed E-state index contributed by atoms with van der Waals surface area (Å²) in [5.41, 5.74) is -0.914. The third-order valence-corrected chi connectivity index (χ3v) is 3.45. The molecule has 0 saturated heterocycles. The predicted octanol–water partition coefficient (Wildman–Crippen LogP) is 2.46. The van der Waals surface area contributed by atoms with Gasteiger partial charge in [-0.3, -0.25) is 9.59 Å². The summed E-state index contributed by atoms with van der Waals surface area (Å²) in [5.74, 6) is -7.65. The van der Waals surface area contributed by atoms with Crippen molar-refractivity contribution in [2.45, 2.75) is 0 Å². The van der Waals surface area contributed by atoms with Gasteiger partial charge in [0.25, 0.3) is 11.8 Å². The Labute approximate surface area is 177 Å². The molecule has 0 aliphatic heterocycles. The van der Waals surface area contributed by atoms with Crippen LogP contribution in [-0.4, -0.2) is 37.0 Å². The van der Waals surface area contributed by atoms with Crippen molar-refractivity contribution in [3.8, 4) is 0 Å². The number of amides is 2. The number of hydrogen-bond donors (Lipinski definition) is 2. The van der Waals surface area contributed by atoms with Crippen LogP contribution >= 0.6 is 0 Å². The predicted molar refractivity (Wildman–Crippen MR) is 101 cm³/mol. The Morgan fingerprint density at radius 2 is 1.06 bits per heavy atom. The summed E-state index contributed by atoms with van der Waals surface area (Å²) in [4.78, 5) is 46.2. The van der Waals surface area contributed by atoms with E-state index in [2.05, 4.69) is 9.47 Å². The summed E-state index contributed by atoms with van der Waals surface area (Å²) in [7, 11) is 0. The van der Waals surface area contributed by atoms with E-state index in [1.165, 1.54) is 0 Å². The van der Waals surface area contributed by atoms with Crippen molar-refractivity contribution in [1.82, 2.24) is 0 Å². The Kier molecular flexibility index (Phi) is 8.45. The second-order valence-electron chi connectivity index (χ2n) is 5.89. The number of anilines is 2. The standard InChI is InChI=1S/C20H14F4N2O6/c21-11-1-3-13(23)15(7-11)25-17(27)9-31-19(29)5-6-20(30)32-10-18(28)26-16-8-12(22)2-4-14(16)24/h1-8H,9-10H2,(H,25,27)(H,26,28). The van der Waals surface area contributed by atoms with Gasteiger partial charge in [0.1, 0.15) is 23.3 Å². The third-order valence-electron chi connectivity index (χ3n) is 3.45. The summed E-state index contributed by atoms with van der Waals surface area (Å²) < 4.78 is 61.9. The van der Waals surface area contributed by atoms with Crippen molar-refractivity contribution in [3.05, 3.63) is 71.8 Å². The number of esters is 2. The van der Waals surface area contributed by atoms with Gasteiger partial charge in [-0.1, -0.05) is 0 Å². The number of carbonyl (C=O) groups excluding carboxylic acids is 4. The van der Waals surface area contributed by atoms with Gasteiger partial charge in [0.15, 0.2) is 13.2 Å². The minimum atomic E-state index is -1.15. The smallest absolute Gasteiger partial charge is 0.331 e. The molecule has 8 nitrogen and oxygen atoms in total. The molecule has 0 unspecified atom stereocenters. The molecule has 2 N–H and O–H groups in total. The number of ether oxygens (including phenoxy) is 2. The first-order valence-corrected chi connectivity index (χ1v) is 8.65. The molecule has 0 aliphatic rings. The highest BCUT2D eigenvalue weighted by atomic mass is 19.1.